The number of methoxy groups -OCH3 is 1. The van der Waals surface area contributed by atoms with E-state index < -0.39 is 11.2 Å². The van der Waals surface area contributed by atoms with Gasteiger partial charge < -0.3 is 10.5 Å². The molecule has 0 aromatic heterocycles. The number of benzene rings is 2. The van der Waals surface area contributed by atoms with Crippen LogP contribution in [0.1, 0.15) is 11.1 Å². The molecule has 29 heavy (non-hydrogen) atoms. The zero-order chi connectivity index (χ0) is 21.1. The second-order valence-corrected chi connectivity index (χ2v) is 8.02. The van der Waals surface area contributed by atoms with Gasteiger partial charge >= 0.3 is 0 Å². The SMILES string of the molecule is COc1cccc(N2C(=O)[C@H](Cc3ccc(C)c(Cl)c3)S/C2=C(/C#N)C(N)=O)c1. The number of amides is 2. The Balaban J connectivity index is 2.04. The number of thioether (sulfide) groups is 1. The summed E-state index contributed by atoms with van der Waals surface area (Å²) >= 11 is 7.36. The summed E-state index contributed by atoms with van der Waals surface area (Å²) in [5.74, 6) is -0.579. The van der Waals surface area contributed by atoms with Gasteiger partial charge in [0.15, 0.2) is 0 Å². The number of aryl methyl sites for hydroxylation is 1. The lowest BCUT2D eigenvalue weighted by Gasteiger charge is -2.19. The number of carbonyl (C=O) groups is 2. The minimum absolute atomic E-state index is 0.224. The Morgan fingerprint density at radius 2 is 2.10 bits per heavy atom. The average molecular weight is 428 g/mol. The molecule has 2 aromatic rings. The van der Waals surface area contributed by atoms with E-state index >= 15 is 0 Å². The Bertz CT molecular complexity index is 1060. The summed E-state index contributed by atoms with van der Waals surface area (Å²) in [6, 6.07) is 14.3. The molecule has 1 aliphatic heterocycles. The van der Waals surface area contributed by atoms with Gasteiger partial charge in [-0.15, -0.1) is 0 Å². The zero-order valence-electron chi connectivity index (χ0n) is 15.8. The van der Waals surface area contributed by atoms with Crippen LogP contribution in [-0.2, 0) is 16.0 Å². The van der Waals surface area contributed by atoms with Crippen LogP contribution in [0.2, 0.25) is 5.02 Å². The van der Waals surface area contributed by atoms with Crippen molar-refractivity contribution in [2.24, 2.45) is 5.73 Å². The van der Waals surface area contributed by atoms with Gasteiger partial charge in [0, 0.05) is 11.1 Å². The first-order valence-corrected chi connectivity index (χ1v) is 9.95. The van der Waals surface area contributed by atoms with Crippen molar-refractivity contribution in [3.63, 3.8) is 0 Å². The van der Waals surface area contributed by atoms with Gasteiger partial charge in [-0.2, -0.15) is 5.26 Å². The minimum atomic E-state index is -0.880. The third-order valence-corrected chi connectivity index (χ3v) is 6.16. The molecular weight excluding hydrogens is 410 g/mol. The maximum atomic E-state index is 13.3. The molecule has 0 aliphatic carbocycles. The highest BCUT2D eigenvalue weighted by Gasteiger charge is 2.40. The molecule has 1 atom stereocenters. The maximum Gasteiger partial charge on any atom is 0.262 e. The van der Waals surface area contributed by atoms with Crippen molar-refractivity contribution < 1.29 is 14.3 Å². The van der Waals surface area contributed by atoms with Crippen LogP contribution >= 0.6 is 23.4 Å². The van der Waals surface area contributed by atoms with Crippen LogP contribution < -0.4 is 15.4 Å². The summed E-state index contributed by atoms with van der Waals surface area (Å²) in [6.07, 6.45) is 0.394. The van der Waals surface area contributed by atoms with Gasteiger partial charge in [0.25, 0.3) is 5.91 Å². The number of ether oxygens (including phenoxy) is 1. The van der Waals surface area contributed by atoms with E-state index in [-0.39, 0.29) is 16.5 Å². The maximum absolute atomic E-state index is 13.3. The zero-order valence-corrected chi connectivity index (χ0v) is 17.4. The number of hydrogen-bond donors (Lipinski definition) is 1. The van der Waals surface area contributed by atoms with Gasteiger partial charge in [0.1, 0.15) is 22.4 Å². The molecule has 1 fully saturated rings. The van der Waals surface area contributed by atoms with E-state index in [0.29, 0.717) is 22.9 Å². The van der Waals surface area contributed by atoms with Crippen LogP contribution in [-0.4, -0.2) is 24.2 Å². The van der Waals surface area contributed by atoms with Crippen LogP contribution in [0.5, 0.6) is 5.75 Å². The quantitative estimate of drug-likeness (QED) is 0.581. The van der Waals surface area contributed by atoms with E-state index in [0.717, 1.165) is 22.9 Å². The molecule has 2 amide bonds. The Morgan fingerprint density at radius 3 is 2.72 bits per heavy atom. The summed E-state index contributed by atoms with van der Waals surface area (Å²) in [7, 11) is 1.52. The van der Waals surface area contributed by atoms with E-state index in [1.54, 1.807) is 24.3 Å². The first-order valence-electron chi connectivity index (χ1n) is 8.69. The fourth-order valence-electron chi connectivity index (χ4n) is 2.96. The van der Waals surface area contributed by atoms with Gasteiger partial charge in [-0.1, -0.05) is 41.6 Å². The van der Waals surface area contributed by atoms with Gasteiger partial charge in [0.2, 0.25) is 5.91 Å². The molecule has 2 N–H and O–H groups in total. The van der Waals surface area contributed by atoms with Crippen molar-refractivity contribution in [2.45, 2.75) is 18.6 Å². The largest absolute Gasteiger partial charge is 0.497 e. The van der Waals surface area contributed by atoms with Crippen molar-refractivity contribution in [1.82, 2.24) is 0 Å². The van der Waals surface area contributed by atoms with Gasteiger partial charge in [-0.25, -0.2) is 0 Å². The summed E-state index contributed by atoms with van der Waals surface area (Å²) in [4.78, 5) is 26.4. The van der Waals surface area contributed by atoms with Crippen molar-refractivity contribution in [1.29, 1.82) is 5.26 Å². The summed E-state index contributed by atoms with van der Waals surface area (Å²) in [5.41, 5.74) is 7.46. The lowest BCUT2D eigenvalue weighted by Crippen LogP contribution is -2.31. The van der Waals surface area contributed by atoms with E-state index in [1.807, 2.05) is 31.2 Å². The number of halogens is 1. The van der Waals surface area contributed by atoms with Crippen LogP contribution in [0.15, 0.2) is 53.1 Å². The predicted octanol–water partition coefficient (Wildman–Crippen LogP) is 3.57. The Hall–Kier alpha value is -2.95. The standard InChI is InChI=1S/C21H18ClN3O3S/c1-12-6-7-13(8-17(12)22)9-18-20(27)25(14-4-3-5-15(10-14)28-2)21(29-18)16(11-23)19(24)26/h3-8,10,18H,9H2,1-2H3,(H2,24,26)/b21-16-/t18-/m0/s1. The lowest BCUT2D eigenvalue weighted by atomic mass is 10.1. The molecule has 2 aromatic carbocycles. The first-order chi connectivity index (χ1) is 13.8. The van der Waals surface area contributed by atoms with Crippen molar-refractivity contribution in [3.05, 3.63) is 69.2 Å². The summed E-state index contributed by atoms with van der Waals surface area (Å²) in [5, 5.41) is 9.76. The molecule has 0 saturated carbocycles. The Kier molecular flexibility index (Phi) is 6.16. The number of primary amides is 1. The Morgan fingerprint density at radius 1 is 1.34 bits per heavy atom. The number of nitrogens with zero attached hydrogens (tertiary/aromatic N) is 2. The predicted molar refractivity (Wildman–Crippen MR) is 114 cm³/mol. The van der Waals surface area contributed by atoms with Crippen LogP contribution in [0.25, 0.3) is 0 Å². The molecule has 0 spiro atoms. The molecule has 1 aliphatic rings. The molecular formula is C21H18ClN3O3S. The number of rotatable bonds is 5. The summed E-state index contributed by atoms with van der Waals surface area (Å²) < 4.78 is 5.23. The third-order valence-electron chi connectivity index (χ3n) is 4.49. The normalized spacial score (nSPS) is 17.8. The second-order valence-electron chi connectivity index (χ2n) is 6.43. The van der Waals surface area contributed by atoms with Crippen molar-refractivity contribution in [2.75, 3.05) is 12.0 Å². The lowest BCUT2D eigenvalue weighted by molar-refractivity contribution is -0.117. The fourth-order valence-corrected chi connectivity index (χ4v) is 4.48. The van der Waals surface area contributed by atoms with E-state index in [4.69, 9.17) is 22.1 Å². The summed E-state index contributed by atoms with van der Waals surface area (Å²) in [6.45, 7) is 1.90. The molecule has 0 bridgehead atoms. The van der Waals surface area contributed by atoms with Gasteiger partial charge in [-0.05, 0) is 42.7 Å². The number of carbonyl (C=O) groups excluding carboxylic acids is 2. The highest BCUT2D eigenvalue weighted by molar-refractivity contribution is 8.05. The van der Waals surface area contributed by atoms with Crippen LogP contribution in [0.4, 0.5) is 5.69 Å². The number of nitriles is 1. The molecule has 1 saturated heterocycles. The van der Waals surface area contributed by atoms with E-state index in [2.05, 4.69) is 0 Å². The second kappa shape index (κ2) is 8.60. The Labute approximate surface area is 177 Å². The molecule has 0 radical (unpaired) electrons. The molecule has 6 nitrogen and oxygen atoms in total. The third kappa shape index (κ3) is 4.24. The van der Waals surface area contributed by atoms with E-state index in [1.165, 1.54) is 12.0 Å². The topological polar surface area (TPSA) is 96.4 Å². The fraction of sp³-hybridized carbons (Fsp3) is 0.190. The monoisotopic (exact) mass is 427 g/mol. The molecule has 148 valence electrons. The number of hydrogen-bond acceptors (Lipinski definition) is 5. The average Bonchev–Trinajstić information content (AvgIpc) is 3.01. The van der Waals surface area contributed by atoms with Crippen molar-refractivity contribution in [3.8, 4) is 11.8 Å². The smallest absolute Gasteiger partial charge is 0.262 e. The molecule has 8 heteroatoms. The van der Waals surface area contributed by atoms with Gasteiger partial charge in [-0.3, -0.25) is 14.5 Å². The van der Waals surface area contributed by atoms with Crippen molar-refractivity contribution >= 4 is 40.9 Å². The van der Waals surface area contributed by atoms with Gasteiger partial charge in [0.05, 0.1) is 18.0 Å². The number of nitrogens with two attached hydrogens (primary N) is 1. The number of anilines is 1. The molecule has 3 rings (SSSR count). The molecule has 0 unspecified atom stereocenters. The molecule has 1 heterocycles. The van der Waals surface area contributed by atoms with Crippen LogP contribution in [0, 0.1) is 18.3 Å². The first kappa shape index (κ1) is 20.8. The van der Waals surface area contributed by atoms with Crippen LogP contribution in [0.3, 0.4) is 0 Å². The highest BCUT2D eigenvalue weighted by atomic mass is 35.5. The highest BCUT2D eigenvalue weighted by Crippen LogP contribution is 2.42. The van der Waals surface area contributed by atoms with E-state index in [9.17, 15) is 14.9 Å². The minimum Gasteiger partial charge on any atom is -0.497 e.